The molecule has 0 saturated carbocycles. The first-order valence-corrected chi connectivity index (χ1v) is 9.24. The molecule has 0 fully saturated rings. The molecule has 2 aromatic carbocycles. The lowest BCUT2D eigenvalue weighted by molar-refractivity contribution is 0.102. The molecule has 27 heavy (non-hydrogen) atoms. The summed E-state index contributed by atoms with van der Waals surface area (Å²) < 4.78 is 0. The van der Waals surface area contributed by atoms with Crippen molar-refractivity contribution in [2.75, 3.05) is 16.8 Å². The fraction of sp³-hybridized carbons (Fsp3) is 0.150. The van der Waals surface area contributed by atoms with Crippen LogP contribution in [0.25, 0.3) is 0 Å². The third-order valence-corrected chi connectivity index (χ3v) is 4.78. The third-order valence-electron chi connectivity index (χ3n) is 4.34. The minimum absolute atomic E-state index is 0.290. The summed E-state index contributed by atoms with van der Waals surface area (Å²) in [5, 5.41) is 3.69. The van der Waals surface area contributed by atoms with Crippen LogP contribution in [0.2, 0.25) is 10.0 Å². The lowest BCUT2D eigenvalue weighted by Gasteiger charge is -2.19. The first kappa shape index (κ1) is 17.8. The lowest BCUT2D eigenvalue weighted by Crippen LogP contribution is -2.19. The van der Waals surface area contributed by atoms with Crippen molar-refractivity contribution in [3.05, 3.63) is 75.7 Å². The number of aromatic nitrogens is 2. The lowest BCUT2D eigenvalue weighted by atomic mass is 10.2. The zero-order valence-electron chi connectivity index (χ0n) is 14.5. The van der Waals surface area contributed by atoms with E-state index in [2.05, 4.69) is 32.3 Å². The second-order valence-corrected chi connectivity index (χ2v) is 7.17. The molecule has 1 aromatic heterocycles. The predicted octanol–water partition coefficient (Wildman–Crippen LogP) is 5.04. The Balaban J connectivity index is 1.64. The van der Waals surface area contributed by atoms with E-state index >= 15 is 0 Å². The van der Waals surface area contributed by atoms with Crippen LogP contribution in [0.3, 0.4) is 0 Å². The molecule has 4 rings (SSSR count). The molecule has 5 nitrogen and oxygen atoms in total. The fourth-order valence-corrected chi connectivity index (χ4v) is 3.73. The average molecular weight is 399 g/mol. The minimum atomic E-state index is -0.340. The number of benzene rings is 2. The van der Waals surface area contributed by atoms with Crippen LogP contribution in [0.1, 0.15) is 21.9 Å². The van der Waals surface area contributed by atoms with Gasteiger partial charge in [-0.25, -0.2) is 9.97 Å². The molecule has 1 amide bonds. The van der Waals surface area contributed by atoms with E-state index in [-0.39, 0.29) is 11.6 Å². The molecule has 1 N–H and O–H groups in total. The van der Waals surface area contributed by atoms with E-state index in [1.807, 2.05) is 12.1 Å². The van der Waals surface area contributed by atoms with Gasteiger partial charge in [0, 0.05) is 34.0 Å². The number of hydrogen-bond acceptors (Lipinski definition) is 4. The number of hydrogen-bond donors (Lipinski definition) is 1. The van der Waals surface area contributed by atoms with Crippen LogP contribution in [0.5, 0.6) is 0 Å². The summed E-state index contributed by atoms with van der Waals surface area (Å²) in [5.74, 6) is 0.903. The second-order valence-electron chi connectivity index (χ2n) is 6.30. The number of para-hydroxylation sites is 1. The molecule has 0 spiro atoms. The highest BCUT2D eigenvalue weighted by molar-refractivity contribution is 6.35. The van der Waals surface area contributed by atoms with E-state index in [4.69, 9.17) is 23.2 Å². The van der Waals surface area contributed by atoms with Gasteiger partial charge in [0.05, 0.1) is 0 Å². The number of aryl methyl sites for hydroxylation is 1. The van der Waals surface area contributed by atoms with Crippen molar-refractivity contribution >= 4 is 46.3 Å². The first-order valence-electron chi connectivity index (χ1n) is 8.48. The maximum Gasteiger partial charge on any atom is 0.274 e. The van der Waals surface area contributed by atoms with Crippen LogP contribution in [0.4, 0.5) is 17.2 Å². The molecule has 0 bridgehead atoms. The Hall–Kier alpha value is -2.63. The average Bonchev–Trinajstić information content (AvgIpc) is 3.04. The molecule has 1 aliphatic heterocycles. The first-order chi connectivity index (χ1) is 13.0. The number of fused-ring (bicyclic) bond motifs is 1. The topological polar surface area (TPSA) is 58.1 Å². The molecular weight excluding hydrogens is 383 g/mol. The fourth-order valence-electron chi connectivity index (χ4n) is 3.20. The number of halogens is 2. The minimum Gasteiger partial charge on any atom is -0.326 e. The van der Waals surface area contributed by atoms with Crippen LogP contribution in [-0.2, 0) is 6.42 Å². The van der Waals surface area contributed by atoms with Crippen molar-refractivity contribution in [3.63, 3.8) is 0 Å². The van der Waals surface area contributed by atoms with Crippen molar-refractivity contribution < 1.29 is 4.79 Å². The maximum absolute atomic E-state index is 12.7. The number of carbonyl (C=O) groups is 1. The van der Waals surface area contributed by atoms with Crippen molar-refractivity contribution in [2.45, 2.75) is 13.3 Å². The van der Waals surface area contributed by atoms with Crippen LogP contribution in [-0.4, -0.2) is 22.4 Å². The number of rotatable bonds is 3. The Labute approximate surface area is 167 Å². The molecule has 136 valence electrons. The zero-order chi connectivity index (χ0) is 19.0. The van der Waals surface area contributed by atoms with Gasteiger partial charge in [0.25, 0.3) is 5.91 Å². The zero-order valence-corrected chi connectivity index (χ0v) is 16.1. The highest BCUT2D eigenvalue weighted by atomic mass is 35.5. The quantitative estimate of drug-likeness (QED) is 0.671. The summed E-state index contributed by atoms with van der Waals surface area (Å²) >= 11 is 12.0. The number of nitrogens with one attached hydrogen (secondary N) is 1. The number of anilines is 3. The normalized spacial score (nSPS) is 12.8. The van der Waals surface area contributed by atoms with Crippen molar-refractivity contribution in [1.29, 1.82) is 0 Å². The molecule has 3 aromatic rings. The summed E-state index contributed by atoms with van der Waals surface area (Å²) in [6.45, 7) is 2.60. The van der Waals surface area contributed by atoms with E-state index in [0.717, 1.165) is 18.7 Å². The van der Waals surface area contributed by atoms with Gasteiger partial charge in [-0.2, -0.15) is 0 Å². The highest BCUT2D eigenvalue weighted by Crippen LogP contribution is 2.33. The molecule has 0 atom stereocenters. The predicted molar refractivity (Wildman–Crippen MR) is 108 cm³/mol. The van der Waals surface area contributed by atoms with Gasteiger partial charge >= 0.3 is 0 Å². The Morgan fingerprint density at radius 3 is 2.59 bits per heavy atom. The van der Waals surface area contributed by atoms with Crippen LogP contribution in [0, 0.1) is 6.92 Å². The van der Waals surface area contributed by atoms with Gasteiger partial charge in [0.15, 0.2) is 0 Å². The van der Waals surface area contributed by atoms with Crippen LogP contribution in [0.15, 0.2) is 48.5 Å². The largest absolute Gasteiger partial charge is 0.326 e. The van der Waals surface area contributed by atoms with Gasteiger partial charge in [0.1, 0.15) is 17.3 Å². The maximum atomic E-state index is 12.7. The third kappa shape index (κ3) is 3.75. The molecule has 0 aliphatic carbocycles. The van der Waals surface area contributed by atoms with Gasteiger partial charge < -0.3 is 10.2 Å². The molecular formula is C20H16Cl2N4O. The van der Waals surface area contributed by atoms with Crippen molar-refractivity contribution in [3.8, 4) is 0 Å². The monoisotopic (exact) mass is 398 g/mol. The van der Waals surface area contributed by atoms with E-state index in [0.29, 0.717) is 27.4 Å². The summed E-state index contributed by atoms with van der Waals surface area (Å²) in [6.07, 6.45) is 0.946. The van der Waals surface area contributed by atoms with E-state index in [1.54, 1.807) is 31.2 Å². The molecule has 0 saturated heterocycles. The van der Waals surface area contributed by atoms with Gasteiger partial charge in [0.2, 0.25) is 0 Å². The molecule has 0 unspecified atom stereocenters. The number of amides is 1. The van der Waals surface area contributed by atoms with Gasteiger partial charge in [-0.1, -0.05) is 41.4 Å². The molecule has 7 heteroatoms. The van der Waals surface area contributed by atoms with Gasteiger partial charge in [-0.3, -0.25) is 4.79 Å². The Bertz CT molecular complexity index is 1020. The molecule has 1 aliphatic rings. The van der Waals surface area contributed by atoms with Crippen molar-refractivity contribution in [2.24, 2.45) is 0 Å². The summed E-state index contributed by atoms with van der Waals surface area (Å²) in [4.78, 5) is 23.6. The number of carbonyl (C=O) groups excluding carboxylic acids is 1. The second kappa shape index (κ2) is 7.18. The van der Waals surface area contributed by atoms with E-state index < -0.39 is 0 Å². The summed E-state index contributed by atoms with van der Waals surface area (Å²) in [7, 11) is 0. The molecule has 0 radical (unpaired) electrons. The number of nitrogens with zero attached hydrogens (tertiary/aromatic N) is 3. The smallest absolute Gasteiger partial charge is 0.274 e. The van der Waals surface area contributed by atoms with E-state index in [9.17, 15) is 4.79 Å². The summed E-state index contributed by atoms with van der Waals surface area (Å²) in [6, 6.07) is 14.8. The SMILES string of the molecule is Cc1nc(C(=O)Nc2cc(Cl)cc(Cl)c2)cc(N2CCc3ccccc32)n1. The van der Waals surface area contributed by atoms with E-state index in [1.165, 1.54) is 5.56 Å². The summed E-state index contributed by atoms with van der Waals surface area (Å²) in [5.41, 5.74) is 3.19. The van der Waals surface area contributed by atoms with Crippen molar-refractivity contribution in [1.82, 2.24) is 9.97 Å². The van der Waals surface area contributed by atoms with Crippen LogP contribution >= 0.6 is 23.2 Å². The van der Waals surface area contributed by atoms with Gasteiger partial charge in [-0.05, 0) is 43.2 Å². The van der Waals surface area contributed by atoms with Crippen LogP contribution < -0.4 is 10.2 Å². The van der Waals surface area contributed by atoms with Gasteiger partial charge in [-0.15, -0.1) is 0 Å². The standard InChI is InChI=1S/C20H16Cl2N4O/c1-12-23-17(20(27)25-16-9-14(21)8-15(22)10-16)11-19(24-12)26-7-6-13-4-2-3-5-18(13)26/h2-5,8-11H,6-7H2,1H3,(H,25,27). The Kier molecular flexibility index (Phi) is 4.72. The highest BCUT2D eigenvalue weighted by Gasteiger charge is 2.22. The Morgan fingerprint density at radius 1 is 1.07 bits per heavy atom. The Morgan fingerprint density at radius 2 is 1.81 bits per heavy atom. The molecule has 2 heterocycles.